The molecule has 0 amide bonds. The van der Waals surface area contributed by atoms with E-state index in [1.165, 1.54) is 21.1 Å². The Balaban J connectivity index is 2.86. The number of benzene rings is 1. The van der Waals surface area contributed by atoms with Crippen LogP contribution in [0.5, 0.6) is 0 Å². The Morgan fingerprint density at radius 1 is 1.45 bits per heavy atom. The van der Waals surface area contributed by atoms with Gasteiger partial charge < -0.3 is 9.88 Å². The molecule has 0 aliphatic carbocycles. The molecule has 0 saturated heterocycles. The second kappa shape index (κ2) is 5.95. The van der Waals surface area contributed by atoms with E-state index in [0.717, 1.165) is 11.1 Å². The molecule has 0 atom stereocenters. The number of aromatic nitrogens is 1. The molecule has 2 rings (SSSR count). The van der Waals surface area contributed by atoms with Crippen molar-refractivity contribution in [2.75, 3.05) is 27.6 Å². The van der Waals surface area contributed by atoms with Gasteiger partial charge in [-0.2, -0.15) is 0 Å². The Kier molecular flexibility index (Phi) is 2.43. The number of aromatic amines is 1. The van der Waals surface area contributed by atoms with Crippen LogP contribution in [0, 0.1) is 0 Å². The van der Waals surface area contributed by atoms with Crippen LogP contribution >= 0.6 is 0 Å². The zero-order chi connectivity index (χ0) is 20.9. The maximum atomic E-state index is 11.9. The molecule has 20 heavy (non-hydrogen) atoms. The third-order valence-corrected chi connectivity index (χ3v) is 3.84. The average molecular weight is 302 g/mol. The van der Waals surface area contributed by atoms with Gasteiger partial charge in [0.15, 0.2) is 0 Å². The van der Waals surface area contributed by atoms with E-state index in [1.54, 1.807) is 0 Å². The third-order valence-electron chi connectivity index (χ3n) is 2.55. The molecular formula is C14H21N3O2S. The van der Waals surface area contributed by atoms with Gasteiger partial charge in [-0.25, -0.2) is 13.1 Å². The van der Waals surface area contributed by atoms with Crippen molar-refractivity contribution in [3.05, 3.63) is 35.5 Å². The summed E-state index contributed by atoms with van der Waals surface area (Å²) in [5, 5.41) is -0.104. The second-order valence-electron chi connectivity index (χ2n) is 4.40. The summed E-state index contributed by atoms with van der Waals surface area (Å²) in [6, 6.07) is -1.25. The molecule has 5 nitrogen and oxygen atoms in total. The summed E-state index contributed by atoms with van der Waals surface area (Å²) in [4.78, 5) is 3.70. The van der Waals surface area contributed by atoms with E-state index >= 15 is 0 Å². The summed E-state index contributed by atoms with van der Waals surface area (Å²) in [6.45, 7) is -2.45. The van der Waals surface area contributed by atoms with Gasteiger partial charge in [0.2, 0.25) is 10.0 Å². The SMILES string of the molecule is [2H]c1c(CS(=O)(=O)NC)c([2H])c2c(C([2H])([2H])C([2H])([2H])N(C)C)c[nH]c2c1[2H]. The number of fused-ring (bicyclic) bond motifs is 1. The van der Waals surface area contributed by atoms with Crippen molar-refractivity contribution in [1.29, 1.82) is 0 Å². The highest BCUT2D eigenvalue weighted by Gasteiger charge is 2.11. The summed E-state index contributed by atoms with van der Waals surface area (Å²) in [5.41, 5.74) is -0.467. The van der Waals surface area contributed by atoms with Crippen LogP contribution < -0.4 is 4.72 Å². The molecule has 0 saturated carbocycles. The second-order valence-corrected chi connectivity index (χ2v) is 6.33. The minimum absolute atomic E-state index is 0.0102. The minimum Gasteiger partial charge on any atom is -0.361 e. The van der Waals surface area contributed by atoms with Crippen molar-refractivity contribution in [2.45, 2.75) is 12.1 Å². The highest BCUT2D eigenvalue weighted by molar-refractivity contribution is 7.88. The van der Waals surface area contributed by atoms with Crippen molar-refractivity contribution < 1.29 is 18.0 Å². The molecule has 0 bridgehead atoms. The number of hydrogen-bond acceptors (Lipinski definition) is 3. The van der Waals surface area contributed by atoms with Crippen LogP contribution in [0.3, 0.4) is 0 Å². The number of hydrogen-bond donors (Lipinski definition) is 2. The smallest absolute Gasteiger partial charge is 0.215 e. The first-order chi connectivity index (χ1) is 12.2. The van der Waals surface area contributed by atoms with Gasteiger partial charge in [-0.15, -0.1) is 0 Å². The van der Waals surface area contributed by atoms with Gasteiger partial charge in [0.05, 0.1) is 9.87 Å². The predicted octanol–water partition coefficient (Wildman–Crippen LogP) is 1.32. The number of sulfonamides is 1. The number of aryl methyl sites for hydroxylation is 1. The molecule has 110 valence electrons. The molecular weight excluding hydrogens is 274 g/mol. The zero-order valence-corrected chi connectivity index (χ0v) is 12.3. The lowest BCUT2D eigenvalue weighted by molar-refractivity contribution is 0.414. The number of H-pyrrole nitrogens is 1. The van der Waals surface area contributed by atoms with Crippen molar-refractivity contribution in [3.63, 3.8) is 0 Å². The first-order valence-corrected chi connectivity index (χ1v) is 7.53. The largest absolute Gasteiger partial charge is 0.361 e. The standard InChI is InChI=1S/C14H21N3O2S/c1-15-20(18,19)10-11-4-5-14-13(8-11)12(9-16-14)6-7-17(2)3/h4-5,8-9,15-16H,6-7,10H2,1-3H3/i4D,5D,6D2,7D2,8D. The monoisotopic (exact) mass is 302 g/mol. The maximum absolute atomic E-state index is 11.9. The van der Waals surface area contributed by atoms with Crippen molar-refractivity contribution >= 4 is 20.9 Å². The number of nitrogens with zero attached hydrogens (tertiary/aromatic N) is 1. The van der Waals surface area contributed by atoms with E-state index in [1.807, 2.05) is 0 Å². The predicted molar refractivity (Wildman–Crippen MR) is 82.2 cm³/mol. The molecule has 2 aromatic rings. The van der Waals surface area contributed by atoms with Crippen LogP contribution in [-0.2, 0) is 22.1 Å². The van der Waals surface area contributed by atoms with E-state index in [-0.39, 0.29) is 28.1 Å². The normalized spacial score (nSPS) is 18.9. The number of rotatable bonds is 6. The van der Waals surface area contributed by atoms with E-state index in [2.05, 4.69) is 9.71 Å². The van der Waals surface area contributed by atoms with Gasteiger partial charge in [-0.1, -0.05) is 6.04 Å². The fourth-order valence-electron chi connectivity index (χ4n) is 1.58. The van der Waals surface area contributed by atoms with E-state index in [0.29, 0.717) is 0 Å². The van der Waals surface area contributed by atoms with Gasteiger partial charge >= 0.3 is 0 Å². The van der Waals surface area contributed by atoms with Crippen molar-refractivity contribution in [1.82, 2.24) is 14.6 Å². The Bertz CT molecular complexity index is 986. The van der Waals surface area contributed by atoms with Crippen molar-refractivity contribution in [2.24, 2.45) is 0 Å². The zero-order valence-electron chi connectivity index (χ0n) is 18.5. The molecule has 1 aromatic carbocycles. The fourth-order valence-corrected chi connectivity index (χ4v) is 2.25. The van der Waals surface area contributed by atoms with Crippen LogP contribution in [-0.4, -0.2) is 45.9 Å². The lowest BCUT2D eigenvalue weighted by Gasteiger charge is -2.08. The first-order valence-electron chi connectivity index (χ1n) is 9.38. The molecule has 1 heterocycles. The molecule has 0 radical (unpaired) electrons. The van der Waals surface area contributed by atoms with Crippen molar-refractivity contribution in [3.8, 4) is 0 Å². The molecule has 1 aromatic heterocycles. The van der Waals surface area contributed by atoms with E-state index in [4.69, 9.17) is 9.60 Å². The van der Waals surface area contributed by atoms with E-state index in [9.17, 15) is 8.42 Å². The molecule has 2 N–H and O–H groups in total. The van der Waals surface area contributed by atoms with Crippen LogP contribution in [0.2, 0.25) is 0 Å². The first kappa shape index (κ1) is 8.17. The Hall–Kier alpha value is -1.37. The molecule has 0 unspecified atom stereocenters. The third kappa shape index (κ3) is 3.59. The Morgan fingerprint density at radius 3 is 2.85 bits per heavy atom. The Morgan fingerprint density at radius 2 is 2.20 bits per heavy atom. The molecule has 0 spiro atoms. The van der Waals surface area contributed by atoms with Crippen LogP contribution in [0.25, 0.3) is 10.9 Å². The molecule has 0 fully saturated rings. The van der Waals surface area contributed by atoms with Gasteiger partial charge in [0.1, 0.15) is 0 Å². The summed E-state index contributed by atoms with van der Waals surface area (Å²) in [6.07, 6.45) is -1.42. The Labute approximate surface area is 129 Å². The van der Waals surface area contributed by atoms with Gasteiger partial charge in [-0.05, 0) is 50.7 Å². The highest BCUT2D eigenvalue weighted by Crippen LogP contribution is 2.21. The summed E-state index contributed by atoms with van der Waals surface area (Å²) in [5.74, 6) is -0.711. The number of nitrogens with one attached hydrogen (secondary N) is 2. The lowest BCUT2D eigenvalue weighted by Crippen LogP contribution is -2.20. The maximum Gasteiger partial charge on any atom is 0.215 e. The van der Waals surface area contributed by atoms with Crippen LogP contribution in [0.15, 0.2) is 24.3 Å². The quantitative estimate of drug-likeness (QED) is 0.846. The van der Waals surface area contributed by atoms with E-state index < -0.39 is 40.7 Å². The highest BCUT2D eigenvalue weighted by atomic mass is 32.2. The fraction of sp³-hybridized carbons (Fsp3) is 0.429. The molecule has 0 aliphatic heterocycles. The minimum atomic E-state index is -3.84. The van der Waals surface area contributed by atoms with Gasteiger partial charge in [0, 0.05) is 29.1 Å². The average Bonchev–Trinajstić information content (AvgIpc) is 3.02. The number of likely N-dealkylation sites (N-methyl/N-ethyl adjacent to an activating group) is 1. The lowest BCUT2D eigenvalue weighted by atomic mass is 10.1. The molecule has 0 aliphatic rings. The van der Waals surface area contributed by atoms with Crippen LogP contribution in [0.4, 0.5) is 0 Å². The summed E-state index contributed by atoms with van der Waals surface area (Å²) < 4.78 is 83.2. The van der Waals surface area contributed by atoms with Gasteiger partial charge in [-0.3, -0.25) is 0 Å². The van der Waals surface area contributed by atoms with Gasteiger partial charge in [0.25, 0.3) is 0 Å². The topological polar surface area (TPSA) is 65.2 Å². The summed E-state index contributed by atoms with van der Waals surface area (Å²) in [7, 11) is 0.0975. The molecule has 6 heteroatoms. The summed E-state index contributed by atoms with van der Waals surface area (Å²) >= 11 is 0. The van der Waals surface area contributed by atoms with Crippen LogP contribution in [0.1, 0.15) is 20.7 Å².